The van der Waals surface area contributed by atoms with E-state index in [1.807, 2.05) is 11.3 Å². The van der Waals surface area contributed by atoms with Crippen LogP contribution in [0.3, 0.4) is 0 Å². The first-order chi connectivity index (χ1) is 9.81. The molecule has 0 fully saturated rings. The Morgan fingerprint density at radius 2 is 1.81 bits per heavy atom. The molecule has 0 spiro atoms. The average molecular weight is 321 g/mol. The summed E-state index contributed by atoms with van der Waals surface area (Å²) < 4.78 is 0. The number of nitrogens with zero attached hydrogens (tertiary/aromatic N) is 1. The van der Waals surface area contributed by atoms with E-state index in [4.69, 9.17) is 4.98 Å². The van der Waals surface area contributed by atoms with Crippen LogP contribution in [-0.4, -0.2) is 11.2 Å². The summed E-state index contributed by atoms with van der Waals surface area (Å²) in [6.07, 6.45) is 2.10. The Hall–Kier alpha value is -1.00. The van der Waals surface area contributed by atoms with Crippen LogP contribution in [0.2, 0.25) is 0 Å². The molecule has 0 aliphatic rings. The van der Waals surface area contributed by atoms with Crippen LogP contribution in [0.25, 0.3) is 0 Å². The van der Waals surface area contributed by atoms with Crippen molar-refractivity contribution in [1.29, 1.82) is 0 Å². The molecule has 0 saturated heterocycles. The first kappa shape index (κ1) is 16.4. The molecule has 2 aromatic rings. The maximum atomic E-state index is 4.75. The number of thioether (sulfide) groups is 1. The first-order valence-electron chi connectivity index (χ1n) is 7.19. The quantitative estimate of drug-likeness (QED) is 0.737. The number of rotatable bonds is 4. The van der Waals surface area contributed by atoms with Crippen molar-refractivity contribution in [3.63, 3.8) is 0 Å². The second-order valence-electron chi connectivity index (χ2n) is 6.31. The van der Waals surface area contributed by atoms with E-state index < -0.39 is 0 Å². The largest absolute Gasteiger partial charge is 0.378 e. The number of hydrogen-bond acceptors (Lipinski definition) is 4. The lowest BCUT2D eigenvalue weighted by molar-refractivity contribution is 0.584. The smallest absolute Gasteiger partial charge is 0.0985 e. The number of nitrogens with one attached hydrogen (secondary N) is 1. The summed E-state index contributed by atoms with van der Waals surface area (Å²) >= 11 is 3.59. The van der Waals surface area contributed by atoms with Crippen molar-refractivity contribution in [2.75, 3.05) is 11.6 Å². The van der Waals surface area contributed by atoms with Gasteiger partial charge in [0.25, 0.3) is 0 Å². The van der Waals surface area contributed by atoms with Crippen LogP contribution in [0.15, 0.2) is 29.2 Å². The highest BCUT2D eigenvalue weighted by Gasteiger charge is 2.22. The van der Waals surface area contributed by atoms with Crippen molar-refractivity contribution >= 4 is 28.8 Å². The van der Waals surface area contributed by atoms with E-state index in [1.165, 1.54) is 14.8 Å². The zero-order valence-electron chi connectivity index (χ0n) is 13.7. The van der Waals surface area contributed by atoms with Gasteiger partial charge in [-0.3, -0.25) is 0 Å². The molecule has 0 amide bonds. The second kappa shape index (κ2) is 6.41. The predicted molar refractivity (Wildman–Crippen MR) is 95.8 cm³/mol. The summed E-state index contributed by atoms with van der Waals surface area (Å²) in [5.74, 6) is 0. The SMILES string of the molecule is CSc1ccc(NC(C)c2sc(C(C)(C)C)nc2C)cc1. The lowest BCUT2D eigenvalue weighted by Gasteiger charge is -2.15. The summed E-state index contributed by atoms with van der Waals surface area (Å²) in [5, 5.41) is 4.79. The molecule has 0 aliphatic heterocycles. The van der Waals surface area contributed by atoms with Gasteiger partial charge in [-0.05, 0) is 44.4 Å². The molecule has 2 rings (SSSR count). The molecule has 2 nitrogen and oxygen atoms in total. The molecular formula is C17H24N2S2. The summed E-state index contributed by atoms with van der Waals surface area (Å²) in [6.45, 7) is 11.0. The van der Waals surface area contributed by atoms with E-state index in [0.29, 0.717) is 0 Å². The van der Waals surface area contributed by atoms with Gasteiger partial charge < -0.3 is 5.32 Å². The summed E-state index contributed by atoms with van der Waals surface area (Å²) in [7, 11) is 0. The van der Waals surface area contributed by atoms with Crippen molar-refractivity contribution in [3.8, 4) is 0 Å². The molecule has 1 heterocycles. The van der Waals surface area contributed by atoms with Gasteiger partial charge in [0.05, 0.1) is 16.7 Å². The second-order valence-corrected chi connectivity index (χ2v) is 8.22. The van der Waals surface area contributed by atoms with Crippen LogP contribution >= 0.6 is 23.1 Å². The monoisotopic (exact) mass is 320 g/mol. The molecule has 21 heavy (non-hydrogen) atoms. The van der Waals surface area contributed by atoms with Gasteiger partial charge in [0.2, 0.25) is 0 Å². The maximum absolute atomic E-state index is 4.75. The Balaban J connectivity index is 2.16. The number of hydrogen-bond donors (Lipinski definition) is 1. The van der Waals surface area contributed by atoms with Gasteiger partial charge in [-0.25, -0.2) is 4.98 Å². The fourth-order valence-electron chi connectivity index (χ4n) is 2.13. The van der Waals surface area contributed by atoms with Crippen molar-refractivity contribution < 1.29 is 0 Å². The van der Waals surface area contributed by atoms with E-state index in [1.54, 1.807) is 11.8 Å². The van der Waals surface area contributed by atoms with Gasteiger partial charge in [0.1, 0.15) is 0 Å². The number of benzene rings is 1. The maximum Gasteiger partial charge on any atom is 0.0985 e. The zero-order chi connectivity index (χ0) is 15.6. The molecule has 1 atom stereocenters. The topological polar surface area (TPSA) is 24.9 Å². The first-order valence-corrected chi connectivity index (χ1v) is 9.24. The lowest BCUT2D eigenvalue weighted by Crippen LogP contribution is -2.10. The Kier molecular flexibility index (Phi) is 4.99. The number of aryl methyl sites for hydroxylation is 1. The van der Waals surface area contributed by atoms with Crippen molar-refractivity contribution in [2.24, 2.45) is 0 Å². The highest BCUT2D eigenvalue weighted by atomic mass is 32.2. The highest BCUT2D eigenvalue weighted by molar-refractivity contribution is 7.98. The van der Waals surface area contributed by atoms with Crippen molar-refractivity contribution in [2.45, 2.75) is 51.0 Å². The Morgan fingerprint density at radius 1 is 1.19 bits per heavy atom. The van der Waals surface area contributed by atoms with Gasteiger partial charge in [0.15, 0.2) is 0 Å². The van der Waals surface area contributed by atoms with E-state index in [-0.39, 0.29) is 11.5 Å². The van der Waals surface area contributed by atoms with E-state index in [9.17, 15) is 0 Å². The average Bonchev–Trinajstić information content (AvgIpc) is 2.82. The third-order valence-electron chi connectivity index (χ3n) is 3.34. The van der Waals surface area contributed by atoms with Crippen LogP contribution < -0.4 is 5.32 Å². The van der Waals surface area contributed by atoms with Crippen LogP contribution in [0.1, 0.15) is 49.3 Å². The van der Waals surface area contributed by atoms with E-state index in [2.05, 4.69) is 70.5 Å². The molecule has 0 radical (unpaired) electrons. The van der Waals surface area contributed by atoms with Crippen LogP contribution in [-0.2, 0) is 5.41 Å². The van der Waals surface area contributed by atoms with Gasteiger partial charge in [-0.2, -0.15) is 0 Å². The normalized spacial score (nSPS) is 13.2. The molecule has 1 aromatic carbocycles. The summed E-state index contributed by atoms with van der Waals surface area (Å²) in [6, 6.07) is 8.87. The predicted octanol–water partition coefficient (Wildman–Crippen LogP) is 5.64. The summed E-state index contributed by atoms with van der Waals surface area (Å²) in [4.78, 5) is 7.36. The Bertz CT molecular complexity index is 594. The van der Waals surface area contributed by atoms with Gasteiger partial charge in [0, 0.05) is 20.9 Å². The lowest BCUT2D eigenvalue weighted by atomic mass is 9.98. The van der Waals surface area contributed by atoms with Gasteiger partial charge in [-0.1, -0.05) is 20.8 Å². The summed E-state index contributed by atoms with van der Waals surface area (Å²) in [5.41, 5.74) is 2.42. The molecule has 0 bridgehead atoms. The highest BCUT2D eigenvalue weighted by Crippen LogP contribution is 2.33. The minimum atomic E-state index is 0.118. The van der Waals surface area contributed by atoms with Crippen LogP contribution in [0.5, 0.6) is 0 Å². The molecule has 0 saturated carbocycles. The minimum Gasteiger partial charge on any atom is -0.378 e. The van der Waals surface area contributed by atoms with Gasteiger partial charge in [-0.15, -0.1) is 23.1 Å². The fraction of sp³-hybridized carbons (Fsp3) is 0.471. The third-order valence-corrected chi connectivity index (χ3v) is 5.85. The fourth-order valence-corrected chi connectivity index (χ4v) is 3.67. The number of anilines is 1. The molecular weight excluding hydrogens is 296 g/mol. The Labute approximate surface area is 136 Å². The molecule has 4 heteroatoms. The number of aromatic nitrogens is 1. The molecule has 1 unspecified atom stereocenters. The van der Waals surface area contributed by atoms with Crippen molar-refractivity contribution in [1.82, 2.24) is 4.98 Å². The third kappa shape index (κ3) is 4.01. The van der Waals surface area contributed by atoms with Crippen molar-refractivity contribution in [3.05, 3.63) is 39.8 Å². The van der Waals surface area contributed by atoms with Crippen LogP contribution in [0, 0.1) is 6.92 Å². The zero-order valence-corrected chi connectivity index (χ0v) is 15.3. The Morgan fingerprint density at radius 3 is 2.29 bits per heavy atom. The van der Waals surface area contributed by atoms with E-state index in [0.717, 1.165) is 11.4 Å². The minimum absolute atomic E-state index is 0.118. The molecule has 0 aliphatic carbocycles. The van der Waals surface area contributed by atoms with Gasteiger partial charge >= 0.3 is 0 Å². The number of thiazole rings is 1. The standard InChI is InChI=1S/C17H24N2S2/c1-11(18-13-7-9-14(20-6)10-8-13)15-12(2)19-16(21-15)17(3,4)5/h7-11,18H,1-6H3. The van der Waals surface area contributed by atoms with Crippen LogP contribution in [0.4, 0.5) is 5.69 Å². The molecule has 114 valence electrons. The van der Waals surface area contributed by atoms with E-state index >= 15 is 0 Å². The molecule has 1 N–H and O–H groups in total. The molecule has 1 aromatic heterocycles.